The molecule has 0 aliphatic heterocycles. The Morgan fingerprint density at radius 3 is 2.37 bits per heavy atom. The summed E-state index contributed by atoms with van der Waals surface area (Å²) in [6.45, 7) is 10.6. The first-order valence-electron chi connectivity index (χ1n) is 6.47. The van der Waals surface area contributed by atoms with Crippen molar-refractivity contribution in [1.82, 2.24) is 9.62 Å². The van der Waals surface area contributed by atoms with Crippen molar-refractivity contribution in [1.29, 1.82) is 0 Å². The first-order chi connectivity index (χ1) is 8.66. The molecule has 6 heteroatoms. The van der Waals surface area contributed by atoms with Gasteiger partial charge < -0.3 is 5.32 Å². The fraction of sp³-hybridized carbons (Fsp3) is 0.692. The topological polar surface area (TPSA) is 49.4 Å². The third-order valence-corrected chi connectivity index (χ3v) is 6.75. The second-order valence-electron chi connectivity index (χ2n) is 5.32. The van der Waals surface area contributed by atoms with Crippen molar-refractivity contribution < 1.29 is 8.42 Å². The van der Waals surface area contributed by atoms with E-state index in [0.717, 1.165) is 17.0 Å². The van der Waals surface area contributed by atoms with Crippen LogP contribution in [0, 0.1) is 6.92 Å². The van der Waals surface area contributed by atoms with Gasteiger partial charge in [0.1, 0.15) is 4.21 Å². The van der Waals surface area contributed by atoms with Crippen LogP contribution >= 0.6 is 11.3 Å². The molecule has 0 fully saturated rings. The van der Waals surface area contributed by atoms with Crippen molar-refractivity contribution in [2.24, 2.45) is 0 Å². The van der Waals surface area contributed by atoms with Gasteiger partial charge in [-0.25, -0.2) is 8.42 Å². The fourth-order valence-corrected chi connectivity index (χ4v) is 4.60. The minimum absolute atomic E-state index is 0.0374. The smallest absolute Gasteiger partial charge is 0.252 e. The zero-order valence-electron chi connectivity index (χ0n) is 12.5. The summed E-state index contributed by atoms with van der Waals surface area (Å²) >= 11 is 1.36. The van der Waals surface area contributed by atoms with E-state index in [4.69, 9.17) is 0 Å². The van der Waals surface area contributed by atoms with Crippen molar-refractivity contribution >= 4 is 21.4 Å². The molecule has 0 radical (unpaired) electrons. The molecule has 110 valence electrons. The number of hydrogen-bond acceptors (Lipinski definition) is 4. The molecule has 1 aromatic rings. The standard InChI is InChI=1S/C13H24N2O2S2/c1-9(2)14-8-12-11(5)7-13(18-12)19(16,17)15(6)10(3)4/h7,9-10,14H,8H2,1-6H3. The number of nitrogens with one attached hydrogen (secondary N) is 1. The number of nitrogens with zero attached hydrogens (tertiary/aromatic N) is 1. The lowest BCUT2D eigenvalue weighted by molar-refractivity contribution is 0.412. The molecule has 1 aromatic heterocycles. The van der Waals surface area contributed by atoms with Crippen LogP contribution in [0.3, 0.4) is 0 Å². The van der Waals surface area contributed by atoms with E-state index in [9.17, 15) is 8.42 Å². The second-order valence-corrected chi connectivity index (χ2v) is 8.68. The first kappa shape index (κ1) is 16.6. The minimum atomic E-state index is -3.35. The first-order valence-corrected chi connectivity index (χ1v) is 8.72. The zero-order chi connectivity index (χ0) is 14.8. The largest absolute Gasteiger partial charge is 0.310 e. The average molecular weight is 304 g/mol. The van der Waals surface area contributed by atoms with Gasteiger partial charge in [0.05, 0.1) is 0 Å². The Balaban J connectivity index is 3.00. The van der Waals surface area contributed by atoms with Crippen molar-refractivity contribution in [3.63, 3.8) is 0 Å². The van der Waals surface area contributed by atoms with Crippen molar-refractivity contribution in [2.45, 2.75) is 57.5 Å². The van der Waals surface area contributed by atoms with E-state index in [1.165, 1.54) is 15.6 Å². The molecule has 4 nitrogen and oxygen atoms in total. The Bertz CT molecular complexity index is 519. The van der Waals surface area contributed by atoms with Gasteiger partial charge in [0.2, 0.25) is 0 Å². The molecule has 0 aliphatic carbocycles. The number of hydrogen-bond donors (Lipinski definition) is 1. The maximum Gasteiger partial charge on any atom is 0.252 e. The lowest BCUT2D eigenvalue weighted by Crippen LogP contribution is -2.32. The third-order valence-electron chi connectivity index (χ3n) is 3.03. The molecule has 0 bridgehead atoms. The summed E-state index contributed by atoms with van der Waals surface area (Å²) in [6.07, 6.45) is 0. The van der Waals surface area contributed by atoms with Gasteiger partial charge in [-0.2, -0.15) is 4.31 Å². The van der Waals surface area contributed by atoms with Crippen LogP contribution in [0.5, 0.6) is 0 Å². The van der Waals surface area contributed by atoms with E-state index in [1.54, 1.807) is 13.1 Å². The Kier molecular flexibility index (Phi) is 5.55. The van der Waals surface area contributed by atoms with Gasteiger partial charge in [0.25, 0.3) is 10.0 Å². The molecule has 0 atom stereocenters. The van der Waals surface area contributed by atoms with Crippen LogP contribution in [-0.2, 0) is 16.6 Å². The van der Waals surface area contributed by atoms with Crippen LogP contribution in [0.25, 0.3) is 0 Å². The van der Waals surface area contributed by atoms with Crippen LogP contribution in [0.15, 0.2) is 10.3 Å². The summed E-state index contributed by atoms with van der Waals surface area (Å²) in [5.74, 6) is 0. The molecular weight excluding hydrogens is 280 g/mol. The van der Waals surface area contributed by atoms with E-state index < -0.39 is 10.0 Å². The van der Waals surface area contributed by atoms with Crippen LogP contribution in [0.2, 0.25) is 0 Å². The van der Waals surface area contributed by atoms with E-state index in [0.29, 0.717) is 10.3 Å². The SMILES string of the molecule is Cc1cc(S(=O)(=O)N(C)C(C)C)sc1CNC(C)C. The molecule has 1 rings (SSSR count). The predicted molar refractivity (Wildman–Crippen MR) is 81.1 cm³/mol. The van der Waals surface area contributed by atoms with Gasteiger partial charge in [-0.05, 0) is 32.4 Å². The highest BCUT2D eigenvalue weighted by molar-refractivity contribution is 7.91. The molecule has 19 heavy (non-hydrogen) atoms. The molecule has 0 unspecified atom stereocenters. The lowest BCUT2D eigenvalue weighted by Gasteiger charge is -2.19. The van der Waals surface area contributed by atoms with Crippen molar-refractivity contribution in [3.8, 4) is 0 Å². The molecule has 0 aromatic carbocycles. The van der Waals surface area contributed by atoms with E-state index >= 15 is 0 Å². The highest BCUT2D eigenvalue weighted by Crippen LogP contribution is 2.28. The summed E-state index contributed by atoms with van der Waals surface area (Å²) in [5, 5.41) is 3.32. The number of aryl methyl sites for hydroxylation is 1. The van der Waals surface area contributed by atoms with Crippen molar-refractivity contribution in [2.75, 3.05) is 7.05 Å². The molecular formula is C13H24N2O2S2. The summed E-state index contributed by atoms with van der Waals surface area (Å²) in [4.78, 5) is 1.09. The second kappa shape index (κ2) is 6.35. The van der Waals surface area contributed by atoms with Gasteiger partial charge in [0, 0.05) is 30.6 Å². The van der Waals surface area contributed by atoms with Crippen molar-refractivity contribution in [3.05, 3.63) is 16.5 Å². The van der Waals surface area contributed by atoms with Crippen LogP contribution < -0.4 is 5.32 Å². The van der Waals surface area contributed by atoms with Gasteiger partial charge >= 0.3 is 0 Å². The molecule has 0 aliphatic rings. The van der Waals surface area contributed by atoms with Gasteiger partial charge in [0.15, 0.2) is 0 Å². The molecule has 1 N–H and O–H groups in total. The molecule has 1 heterocycles. The van der Waals surface area contributed by atoms with E-state index in [-0.39, 0.29) is 6.04 Å². The van der Waals surface area contributed by atoms with Crippen LogP contribution in [0.1, 0.15) is 38.1 Å². The minimum Gasteiger partial charge on any atom is -0.310 e. The Hall–Kier alpha value is -0.430. The Labute approximate surface area is 120 Å². The summed E-state index contributed by atoms with van der Waals surface area (Å²) in [6, 6.07) is 2.13. The van der Waals surface area contributed by atoms with Crippen LogP contribution in [0.4, 0.5) is 0 Å². The number of rotatable bonds is 6. The van der Waals surface area contributed by atoms with Crippen LogP contribution in [-0.4, -0.2) is 31.9 Å². The summed E-state index contributed by atoms with van der Waals surface area (Å²) in [7, 11) is -1.73. The quantitative estimate of drug-likeness (QED) is 0.879. The maximum absolute atomic E-state index is 12.4. The Morgan fingerprint density at radius 2 is 1.89 bits per heavy atom. The summed E-state index contributed by atoms with van der Waals surface area (Å²) in [5.41, 5.74) is 1.04. The fourth-order valence-electron chi connectivity index (χ4n) is 1.51. The summed E-state index contributed by atoms with van der Waals surface area (Å²) < 4.78 is 26.6. The Morgan fingerprint density at radius 1 is 1.32 bits per heavy atom. The lowest BCUT2D eigenvalue weighted by atomic mass is 10.3. The van der Waals surface area contributed by atoms with Gasteiger partial charge in [-0.3, -0.25) is 0 Å². The molecule has 0 saturated heterocycles. The number of sulfonamides is 1. The molecule has 0 saturated carbocycles. The molecule has 0 amide bonds. The highest BCUT2D eigenvalue weighted by atomic mass is 32.2. The van der Waals surface area contributed by atoms with E-state index in [2.05, 4.69) is 19.2 Å². The highest BCUT2D eigenvalue weighted by Gasteiger charge is 2.25. The third kappa shape index (κ3) is 4.02. The normalized spacial score (nSPS) is 12.9. The van der Waals surface area contributed by atoms with Gasteiger partial charge in [-0.15, -0.1) is 11.3 Å². The zero-order valence-corrected chi connectivity index (χ0v) is 14.2. The monoisotopic (exact) mass is 304 g/mol. The van der Waals surface area contributed by atoms with E-state index in [1.807, 2.05) is 20.8 Å². The predicted octanol–water partition coefficient (Wildman–Crippen LogP) is 2.58. The average Bonchev–Trinajstić information content (AvgIpc) is 2.67. The molecule has 0 spiro atoms. The number of thiophene rings is 1. The maximum atomic E-state index is 12.4. The van der Waals surface area contributed by atoms with Gasteiger partial charge in [-0.1, -0.05) is 13.8 Å².